The van der Waals surface area contributed by atoms with Gasteiger partial charge in [0.25, 0.3) is 0 Å². The lowest BCUT2D eigenvalue weighted by molar-refractivity contribution is -0.121. The molecule has 1 atom stereocenters. The van der Waals surface area contributed by atoms with Crippen molar-refractivity contribution in [3.8, 4) is 11.5 Å². The molecule has 23 heavy (non-hydrogen) atoms. The number of halogens is 1. The molecule has 0 fully saturated rings. The summed E-state index contributed by atoms with van der Waals surface area (Å²) in [7, 11) is 3.17. The van der Waals surface area contributed by atoms with Crippen molar-refractivity contribution in [2.45, 2.75) is 19.4 Å². The number of hydrogen-bond acceptors (Lipinski definition) is 3. The molecule has 5 heteroatoms. The lowest BCUT2D eigenvalue weighted by Crippen LogP contribution is -2.28. The van der Waals surface area contributed by atoms with Crippen molar-refractivity contribution >= 4 is 21.8 Å². The number of carbonyl (C=O) groups excluding carboxylic acids is 1. The van der Waals surface area contributed by atoms with E-state index in [0.717, 1.165) is 15.6 Å². The van der Waals surface area contributed by atoms with Crippen LogP contribution >= 0.6 is 15.9 Å². The summed E-state index contributed by atoms with van der Waals surface area (Å²) < 4.78 is 11.5. The van der Waals surface area contributed by atoms with Gasteiger partial charge in [-0.25, -0.2) is 0 Å². The van der Waals surface area contributed by atoms with E-state index in [1.54, 1.807) is 20.3 Å². The van der Waals surface area contributed by atoms with Gasteiger partial charge in [0.15, 0.2) is 11.5 Å². The normalized spacial score (nSPS) is 11.7. The van der Waals surface area contributed by atoms with Crippen LogP contribution in [0.5, 0.6) is 11.5 Å². The zero-order valence-electron chi connectivity index (χ0n) is 13.4. The molecular formula is C18H20BrNO3. The van der Waals surface area contributed by atoms with Crippen molar-refractivity contribution < 1.29 is 14.3 Å². The van der Waals surface area contributed by atoms with E-state index in [4.69, 9.17) is 9.47 Å². The lowest BCUT2D eigenvalue weighted by atomic mass is 10.1. The number of benzene rings is 2. The molecule has 0 radical (unpaired) electrons. The number of nitrogens with one attached hydrogen (secondary N) is 1. The van der Waals surface area contributed by atoms with Crippen molar-refractivity contribution in [3.63, 3.8) is 0 Å². The van der Waals surface area contributed by atoms with E-state index in [1.807, 2.05) is 43.3 Å². The molecule has 0 saturated heterocycles. The van der Waals surface area contributed by atoms with E-state index in [9.17, 15) is 4.79 Å². The van der Waals surface area contributed by atoms with E-state index in [0.29, 0.717) is 17.9 Å². The number of hydrogen-bond donors (Lipinski definition) is 1. The van der Waals surface area contributed by atoms with Crippen molar-refractivity contribution in [2.24, 2.45) is 0 Å². The molecule has 1 N–H and O–H groups in total. The maximum absolute atomic E-state index is 12.2. The third-order valence-corrected chi connectivity index (χ3v) is 4.03. The van der Waals surface area contributed by atoms with Crippen molar-refractivity contribution in [3.05, 3.63) is 58.1 Å². The molecule has 2 rings (SSSR count). The molecule has 0 unspecified atom stereocenters. The third kappa shape index (κ3) is 4.73. The molecular weight excluding hydrogens is 358 g/mol. The van der Waals surface area contributed by atoms with E-state index >= 15 is 0 Å². The fourth-order valence-electron chi connectivity index (χ4n) is 2.33. The summed E-state index contributed by atoms with van der Waals surface area (Å²) in [6, 6.07) is 13.3. The molecule has 2 aromatic carbocycles. The van der Waals surface area contributed by atoms with Crippen LogP contribution < -0.4 is 14.8 Å². The summed E-state index contributed by atoms with van der Waals surface area (Å²) in [5.41, 5.74) is 1.93. The van der Waals surface area contributed by atoms with Crippen LogP contribution in [-0.4, -0.2) is 20.1 Å². The second kappa shape index (κ2) is 8.02. The molecule has 122 valence electrons. The maximum atomic E-state index is 12.2. The average Bonchev–Trinajstić information content (AvgIpc) is 2.54. The molecule has 0 spiro atoms. The lowest BCUT2D eigenvalue weighted by Gasteiger charge is -2.15. The summed E-state index contributed by atoms with van der Waals surface area (Å²) in [6.45, 7) is 1.97. The van der Waals surface area contributed by atoms with Crippen LogP contribution in [0, 0.1) is 0 Å². The Morgan fingerprint density at radius 1 is 1.13 bits per heavy atom. The molecule has 0 aromatic heterocycles. The van der Waals surface area contributed by atoms with Gasteiger partial charge >= 0.3 is 0 Å². The highest BCUT2D eigenvalue weighted by Gasteiger charge is 2.12. The van der Waals surface area contributed by atoms with Crippen molar-refractivity contribution in [2.75, 3.05) is 14.2 Å². The van der Waals surface area contributed by atoms with Crippen LogP contribution in [0.1, 0.15) is 24.1 Å². The number of rotatable bonds is 6. The Balaban J connectivity index is 2.02. The zero-order chi connectivity index (χ0) is 16.8. The van der Waals surface area contributed by atoms with Crippen LogP contribution in [0.4, 0.5) is 0 Å². The van der Waals surface area contributed by atoms with Crippen LogP contribution in [-0.2, 0) is 11.2 Å². The highest BCUT2D eigenvalue weighted by atomic mass is 79.9. The van der Waals surface area contributed by atoms with Gasteiger partial charge in [-0.2, -0.15) is 0 Å². The molecule has 0 aliphatic heterocycles. The number of amides is 1. The minimum atomic E-state index is -0.0554. The van der Waals surface area contributed by atoms with Crippen LogP contribution in [0.15, 0.2) is 46.9 Å². The first-order valence-electron chi connectivity index (χ1n) is 7.29. The number of ether oxygens (including phenoxy) is 2. The molecule has 2 aromatic rings. The molecule has 0 bridgehead atoms. The Hall–Kier alpha value is -2.01. The van der Waals surface area contributed by atoms with Crippen LogP contribution in [0.3, 0.4) is 0 Å². The summed E-state index contributed by atoms with van der Waals surface area (Å²) in [6.07, 6.45) is 0.290. The van der Waals surface area contributed by atoms with Crippen molar-refractivity contribution in [1.82, 2.24) is 5.32 Å². The monoisotopic (exact) mass is 377 g/mol. The molecule has 1 amide bonds. The molecule has 0 aliphatic carbocycles. The Bertz CT molecular complexity index is 688. The van der Waals surface area contributed by atoms with Gasteiger partial charge in [0.2, 0.25) is 5.91 Å². The first kappa shape index (κ1) is 17.3. The van der Waals surface area contributed by atoms with Crippen molar-refractivity contribution in [1.29, 1.82) is 0 Å². The second-order valence-electron chi connectivity index (χ2n) is 5.21. The first-order valence-corrected chi connectivity index (χ1v) is 8.08. The third-order valence-electron chi connectivity index (χ3n) is 3.54. The Morgan fingerprint density at radius 2 is 1.87 bits per heavy atom. The van der Waals surface area contributed by atoms with E-state index in [2.05, 4.69) is 21.2 Å². The van der Waals surface area contributed by atoms with Gasteiger partial charge in [0, 0.05) is 4.47 Å². The second-order valence-corrected chi connectivity index (χ2v) is 6.13. The number of carbonyl (C=O) groups is 1. The highest BCUT2D eigenvalue weighted by Crippen LogP contribution is 2.27. The van der Waals surface area contributed by atoms with Crippen LogP contribution in [0.25, 0.3) is 0 Å². The van der Waals surface area contributed by atoms with E-state index in [1.165, 1.54) is 0 Å². The molecule has 0 saturated carbocycles. The quantitative estimate of drug-likeness (QED) is 0.830. The Kier molecular flexibility index (Phi) is 6.04. The van der Waals surface area contributed by atoms with Gasteiger partial charge in [-0.1, -0.05) is 34.1 Å². The van der Waals surface area contributed by atoms with Gasteiger partial charge in [-0.3, -0.25) is 4.79 Å². The Morgan fingerprint density at radius 3 is 2.52 bits per heavy atom. The SMILES string of the molecule is COc1ccc(CC(=O)N[C@@H](C)c2cccc(Br)c2)cc1OC. The molecule has 0 heterocycles. The maximum Gasteiger partial charge on any atom is 0.224 e. The van der Waals surface area contributed by atoms with Gasteiger partial charge in [-0.05, 0) is 42.3 Å². The van der Waals surface area contributed by atoms with E-state index in [-0.39, 0.29) is 11.9 Å². The topological polar surface area (TPSA) is 47.6 Å². The summed E-state index contributed by atoms with van der Waals surface area (Å²) >= 11 is 3.44. The largest absolute Gasteiger partial charge is 0.493 e. The predicted molar refractivity (Wildman–Crippen MR) is 93.9 cm³/mol. The minimum absolute atomic E-state index is 0.0373. The molecule has 0 aliphatic rings. The van der Waals surface area contributed by atoms with Gasteiger partial charge < -0.3 is 14.8 Å². The Labute approximate surface area is 144 Å². The van der Waals surface area contributed by atoms with Crippen LogP contribution in [0.2, 0.25) is 0 Å². The van der Waals surface area contributed by atoms with E-state index < -0.39 is 0 Å². The van der Waals surface area contributed by atoms with Gasteiger partial charge in [-0.15, -0.1) is 0 Å². The summed E-state index contributed by atoms with van der Waals surface area (Å²) in [4.78, 5) is 12.2. The molecule has 4 nitrogen and oxygen atoms in total. The van der Waals surface area contributed by atoms with Gasteiger partial charge in [0.05, 0.1) is 26.7 Å². The minimum Gasteiger partial charge on any atom is -0.493 e. The smallest absolute Gasteiger partial charge is 0.224 e. The average molecular weight is 378 g/mol. The zero-order valence-corrected chi connectivity index (χ0v) is 15.0. The number of methoxy groups -OCH3 is 2. The standard InChI is InChI=1S/C18H20BrNO3/c1-12(14-5-4-6-15(19)11-14)20-18(21)10-13-7-8-16(22-2)17(9-13)23-3/h4-9,11-12H,10H2,1-3H3,(H,20,21)/t12-/m0/s1. The first-order chi connectivity index (χ1) is 11.0. The predicted octanol–water partition coefficient (Wildman–Crippen LogP) is 3.89. The highest BCUT2D eigenvalue weighted by molar-refractivity contribution is 9.10. The summed E-state index contributed by atoms with van der Waals surface area (Å²) in [5.74, 6) is 1.24. The summed E-state index contributed by atoms with van der Waals surface area (Å²) in [5, 5.41) is 3.01. The fourth-order valence-corrected chi connectivity index (χ4v) is 2.74. The van der Waals surface area contributed by atoms with Gasteiger partial charge in [0.1, 0.15) is 0 Å². The fraction of sp³-hybridized carbons (Fsp3) is 0.278.